The Morgan fingerprint density at radius 1 is 1.00 bits per heavy atom. The van der Waals surface area contributed by atoms with E-state index in [0.717, 1.165) is 20.5 Å². The first-order valence-electron chi connectivity index (χ1n) is 11.6. The number of phenols is 2. The third-order valence-corrected chi connectivity index (χ3v) is 6.78. The molecule has 4 rings (SSSR count). The van der Waals surface area contributed by atoms with Crippen LogP contribution in [-0.4, -0.2) is 48.4 Å². The summed E-state index contributed by atoms with van der Waals surface area (Å²) in [5.74, 6) is 0.899. The van der Waals surface area contributed by atoms with E-state index in [4.69, 9.17) is 9.47 Å². The predicted molar refractivity (Wildman–Crippen MR) is 140 cm³/mol. The van der Waals surface area contributed by atoms with Gasteiger partial charge < -0.3 is 25.0 Å². The summed E-state index contributed by atoms with van der Waals surface area (Å²) in [5, 5.41) is 23.8. The summed E-state index contributed by atoms with van der Waals surface area (Å²) in [6.07, 6.45) is 0. The summed E-state index contributed by atoms with van der Waals surface area (Å²) in [6.45, 7) is 6.61. The molecule has 0 saturated heterocycles. The quantitative estimate of drug-likeness (QED) is 0.187. The van der Waals surface area contributed by atoms with Crippen molar-refractivity contribution in [2.24, 2.45) is 0 Å². The predicted octanol–water partition coefficient (Wildman–Crippen LogP) is 5.60. The summed E-state index contributed by atoms with van der Waals surface area (Å²) < 4.78 is 12.0. The normalized spacial score (nSPS) is 12.1. The van der Waals surface area contributed by atoms with Gasteiger partial charge in [0.2, 0.25) is 0 Å². The fourth-order valence-electron chi connectivity index (χ4n) is 3.80. The van der Waals surface area contributed by atoms with Crippen LogP contribution in [0.4, 0.5) is 0 Å². The molecule has 6 nitrogen and oxygen atoms in total. The lowest BCUT2D eigenvalue weighted by Crippen LogP contribution is -2.33. The van der Waals surface area contributed by atoms with E-state index < -0.39 is 0 Å². The molecule has 0 spiro atoms. The minimum Gasteiger partial charge on any atom is -0.508 e. The van der Waals surface area contributed by atoms with Crippen molar-refractivity contribution < 1.29 is 24.5 Å². The minimum atomic E-state index is -0.108. The number of rotatable bonds is 11. The molecular formula is C28H29NO5S. The monoisotopic (exact) mass is 491 g/mol. The van der Waals surface area contributed by atoms with Crippen molar-refractivity contribution in [1.82, 2.24) is 5.32 Å². The number of benzene rings is 3. The first-order valence-corrected chi connectivity index (χ1v) is 12.4. The molecule has 35 heavy (non-hydrogen) atoms. The van der Waals surface area contributed by atoms with E-state index in [1.54, 1.807) is 66.7 Å². The van der Waals surface area contributed by atoms with Crippen LogP contribution < -0.4 is 10.1 Å². The van der Waals surface area contributed by atoms with Crippen molar-refractivity contribution >= 4 is 27.2 Å². The highest BCUT2D eigenvalue weighted by atomic mass is 32.1. The average Bonchev–Trinajstić information content (AvgIpc) is 3.24. The Morgan fingerprint density at radius 2 is 1.71 bits per heavy atom. The molecule has 0 fully saturated rings. The Bertz CT molecular complexity index is 1280. The maximum absolute atomic E-state index is 13.6. The number of carbonyl (C=O) groups excluding carboxylic acids is 1. The zero-order valence-corrected chi connectivity index (χ0v) is 20.6. The van der Waals surface area contributed by atoms with Gasteiger partial charge >= 0.3 is 0 Å². The number of aromatic hydroxyl groups is 2. The first-order chi connectivity index (χ1) is 17.0. The molecule has 0 saturated carbocycles. The van der Waals surface area contributed by atoms with E-state index in [1.807, 2.05) is 6.92 Å². The molecule has 0 aliphatic heterocycles. The SMILES string of the molecule is CCOCC(C)NCCOc1ccc(C(=O)c2c(-c3ccc(O)cc3)sc3cc(O)ccc23)cc1. The second kappa shape index (κ2) is 11.4. The van der Waals surface area contributed by atoms with Crippen LogP contribution in [0.5, 0.6) is 17.2 Å². The maximum atomic E-state index is 13.6. The van der Waals surface area contributed by atoms with Gasteiger partial charge in [-0.1, -0.05) is 0 Å². The molecule has 1 unspecified atom stereocenters. The van der Waals surface area contributed by atoms with Gasteiger partial charge in [0.1, 0.15) is 23.9 Å². The van der Waals surface area contributed by atoms with Crippen LogP contribution in [0, 0.1) is 0 Å². The zero-order valence-electron chi connectivity index (χ0n) is 19.8. The van der Waals surface area contributed by atoms with Gasteiger partial charge in [-0.25, -0.2) is 0 Å². The third-order valence-electron chi connectivity index (χ3n) is 5.58. The van der Waals surface area contributed by atoms with E-state index in [0.29, 0.717) is 43.2 Å². The second-order valence-corrected chi connectivity index (χ2v) is 9.30. The maximum Gasteiger partial charge on any atom is 0.195 e. The molecule has 1 atom stereocenters. The topological polar surface area (TPSA) is 88.0 Å². The average molecular weight is 492 g/mol. The van der Waals surface area contributed by atoms with Gasteiger partial charge in [0.05, 0.1) is 6.61 Å². The van der Waals surface area contributed by atoms with E-state index in [9.17, 15) is 15.0 Å². The molecule has 0 bridgehead atoms. The van der Waals surface area contributed by atoms with Crippen LogP contribution in [0.2, 0.25) is 0 Å². The smallest absolute Gasteiger partial charge is 0.195 e. The van der Waals surface area contributed by atoms with Crippen molar-refractivity contribution in [3.05, 3.63) is 77.9 Å². The molecule has 182 valence electrons. The highest BCUT2D eigenvalue weighted by molar-refractivity contribution is 7.22. The number of hydrogen-bond acceptors (Lipinski definition) is 7. The largest absolute Gasteiger partial charge is 0.508 e. The van der Waals surface area contributed by atoms with Crippen LogP contribution in [-0.2, 0) is 4.74 Å². The van der Waals surface area contributed by atoms with Crippen LogP contribution in [0.15, 0.2) is 66.7 Å². The van der Waals surface area contributed by atoms with Gasteiger partial charge in [0.25, 0.3) is 0 Å². The number of fused-ring (bicyclic) bond motifs is 1. The summed E-state index contributed by atoms with van der Waals surface area (Å²) in [4.78, 5) is 14.4. The summed E-state index contributed by atoms with van der Waals surface area (Å²) in [6, 6.07) is 19.2. The highest BCUT2D eigenvalue weighted by Gasteiger charge is 2.22. The van der Waals surface area contributed by atoms with E-state index in [2.05, 4.69) is 12.2 Å². The van der Waals surface area contributed by atoms with Crippen molar-refractivity contribution in [3.8, 4) is 27.7 Å². The van der Waals surface area contributed by atoms with Gasteiger partial charge in [0.15, 0.2) is 5.78 Å². The van der Waals surface area contributed by atoms with E-state index in [-0.39, 0.29) is 23.3 Å². The number of carbonyl (C=O) groups is 1. The lowest BCUT2D eigenvalue weighted by atomic mass is 9.97. The molecule has 0 radical (unpaired) electrons. The fourth-order valence-corrected chi connectivity index (χ4v) is 5.04. The van der Waals surface area contributed by atoms with Gasteiger partial charge in [-0.15, -0.1) is 11.3 Å². The molecule has 4 aromatic rings. The Balaban J connectivity index is 1.52. The van der Waals surface area contributed by atoms with Crippen molar-refractivity contribution in [1.29, 1.82) is 0 Å². The van der Waals surface area contributed by atoms with Crippen molar-refractivity contribution in [2.75, 3.05) is 26.4 Å². The number of ether oxygens (including phenoxy) is 2. The third kappa shape index (κ3) is 6.00. The molecule has 0 amide bonds. The Hall–Kier alpha value is -3.39. The molecule has 3 aromatic carbocycles. The lowest BCUT2D eigenvalue weighted by molar-refractivity contribution is 0.104. The standard InChI is InChI=1S/C28H29NO5S/c1-3-33-17-18(2)29-14-15-34-23-11-6-19(7-12-23)27(32)26-24-13-10-22(31)16-25(24)35-28(26)20-4-8-21(30)9-5-20/h4-13,16,18,29-31H,3,14-15,17H2,1-2H3. The zero-order chi connectivity index (χ0) is 24.8. The van der Waals surface area contributed by atoms with Crippen LogP contribution in [0.3, 0.4) is 0 Å². The number of thiophene rings is 1. The lowest BCUT2D eigenvalue weighted by Gasteiger charge is -2.14. The summed E-state index contributed by atoms with van der Waals surface area (Å²) in [5.41, 5.74) is 1.96. The Labute approximate surface area is 208 Å². The first kappa shape index (κ1) is 24.7. The fraction of sp³-hybridized carbons (Fsp3) is 0.250. The summed E-state index contributed by atoms with van der Waals surface area (Å²) >= 11 is 1.44. The molecule has 0 aliphatic rings. The van der Waals surface area contributed by atoms with Crippen LogP contribution in [0.25, 0.3) is 20.5 Å². The molecule has 1 aromatic heterocycles. The van der Waals surface area contributed by atoms with E-state index in [1.165, 1.54) is 11.3 Å². The van der Waals surface area contributed by atoms with Gasteiger partial charge in [-0.05, 0) is 86.1 Å². The number of phenolic OH excluding ortho intramolecular Hbond substituents is 2. The number of hydrogen-bond donors (Lipinski definition) is 3. The molecule has 0 aliphatic carbocycles. The second-order valence-electron chi connectivity index (χ2n) is 8.25. The molecule has 3 N–H and O–H groups in total. The van der Waals surface area contributed by atoms with Crippen molar-refractivity contribution in [2.45, 2.75) is 19.9 Å². The summed E-state index contributed by atoms with van der Waals surface area (Å²) in [7, 11) is 0. The van der Waals surface area contributed by atoms with Gasteiger partial charge in [-0.3, -0.25) is 4.79 Å². The number of nitrogens with one attached hydrogen (secondary N) is 1. The molecule has 1 heterocycles. The highest BCUT2D eigenvalue weighted by Crippen LogP contribution is 2.41. The van der Waals surface area contributed by atoms with Crippen LogP contribution in [0.1, 0.15) is 29.8 Å². The minimum absolute atomic E-state index is 0.108. The van der Waals surface area contributed by atoms with Gasteiger partial charge in [-0.2, -0.15) is 0 Å². The Kier molecular flexibility index (Phi) is 8.02. The molecule has 7 heteroatoms. The van der Waals surface area contributed by atoms with Crippen LogP contribution >= 0.6 is 11.3 Å². The number of ketones is 1. The van der Waals surface area contributed by atoms with Crippen molar-refractivity contribution in [3.63, 3.8) is 0 Å². The molecular weight excluding hydrogens is 462 g/mol. The van der Waals surface area contributed by atoms with Gasteiger partial charge in [0, 0.05) is 45.3 Å². The van der Waals surface area contributed by atoms with E-state index >= 15 is 0 Å². The Morgan fingerprint density at radius 3 is 2.43 bits per heavy atom.